The van der Waals surface area contributed by atoms with E-state index in [9.17, 15) is 4.79 Å². The maximum atomic E-state index is 12.4. The van der Waals surface area contributed by atoms with E-state index < -0.39 is 0 Å². The molecule has 1 atom stereocenters. The zero-order chi connectivity index (χ0) is 16.7. The number of nitrogens with one attached hydrogen (secondary N) is 1. The standard InChI is InChI=1S/C15H16N6O2S/c1-8(24-15-18-19-20-21(15)11-4-5-11)14(22)17-10-3-6-13-12(7-10)16-9(2)23-13/h3,6-8,11H,4-5H2,1-2H3,(H,17,22). The summed E-state index contributed by atoms with van der Waals surface area (Å²) < 4.78 is 7.24. The summed E-state index contributed by atoms with van der Waals surface area (Å²) in [6, 6.07) is 5.79. The van der Waals surface area contributed by atoms with Crippen LogP contribution in [0.1, 0.15) is 31.7 Å². The van der Waals surface area contributed by atoms with E-state index in [-0.39, 0.29) is 11.2 Å². The minimum absolute atomic E-state index is 0.107. The third-order valence-corrected chi connectivity index (χ3v) is 4.82. The molecule has 1 aliphatic rings. The average molecular weight is 344 g/mol. The Labute approximate surface area is 142 Å². The second-order valence-corrected chi connectivity index (χ2v) is 7.11. The molecule has 1 aliphatic carbocycles. The van der Waals surface area contributed by atoms with Gasteiger partial charge in [-0.3, -0.25) is 4.79 Å². The van der Waals surface area contributed by atoms with E-state index in [0.29, 0.717) is 28.4 Å². The fraction of sp³-hybridized carbons (Fsp3) is 0.400. The van der Waals surface area contributed by atoms with E-state index >= 15 is 0 Å². The fourth-order valence-electron chi connectivity index (χ4n) is 2.39. The van der Waals surface area contributed by atoms with E-state index in [1.54, 1.807) is 29.8 Å². The molecule has 1 aromatic carbocycles. The molecule has 0 bridgehead atoms. The number of tetrazole rings is 1. The van der Waals surface area contributed by atoms with E-state index in [2.05, 4.69) is 25.8 Å². The molecule has 1 fully saturated rings. The first-order valence-electron chi connectivity index (χ1n) is 7.73. The number of thioether (sulfide) groups is 1. The Bertz CT molecular complexity index is 900. The van der Waals surface area contributed by atoms with E-state index in [4.69, 9.17) is 4.42 Å². The minimum Gasteiger partial charge on any atom is -0.441 e. The normalized spacial score (nSPS) is 15.6. The molecule has 8 nitrogen and oxygen atoms in total. The predicted molar refractivity (Wildman–Crippen MR) is 88.8 cm³/mol. The Morgan fingerprint density at radius 3 is 3.08 bits per heavy atom. The molecule has 3 aromatic rings. The quantitative estimate of drug-likeness (QED) is 0.710. The Kier molecular flexibility index (Phi) is 3.72. The molecule has 124 valence electrons. The van der Waals surface area contributed by atoms with Gasteiger partial charge >= 0.3 is 0 Å². The fourth-order valence-corrected chi connectivity index (χ4v) is 3.25. The van der Waals surface area contributed by atoms with Gasteiger partial charge in [0.25, 0.3) is 0 Å². The van der Waals surface area contributed by atoms with Gasteiger partial charge in [-0.1, -0.05) is 11.8 Å². The lowest BCUT2D eigenvalue weighted by Gasteiger charge is -2.11. The van der Waals surface area contributed by atoms with Crippen molar-refractivity contribution in [3.05, 3.63) is 24.1 Å². The van der Waals surface area contributed by atoms with Gasteiger partial charge in [-0.05, 0) is 48.4 Å². The molecule has 0 spiro atoms. The van der Waals surface area contributed by atoms with E-state index in [0.717, 1.165) is 18.4 Å². The summed E-state index contributed by atoms with van der Waals surface area (Å²) in [7, 11) is 0. The van der Waals surface area contributed by atoms with Crippen molar-refractivity contribution in [3.8, 4) is 0 Å². The monoisotopic (exact) mass is 344 g/mol. The number of fused-ring (bicyclic) bond motifs is 1. The zero-order valence-corrected chi connectivity index (χ0v) is 14.1. The van der Waals surface area contributed by atoms with Crippen molar-refractivity contribution < 1.29 is 9.21 Å². The van der Waals surface area contributed by atoms with Crippen molar-refractivity contribution >= 4 is 34.5 Å². The summed E-state index contributed by atoms with van der Waals surface area (Å²) in [6.45, 7) is 3.63. The summed E-state index contributed by atoms with van der Waals surface area (Å²) in [5, 5.41) is 15.0. The first-order valence-corrected chi connectivity index (χ1v) is 8.61. The highest BCUT2D eigenvalue weighted by atomic mass is 32.2. The molecule has 1 amide bonds. The second-order valence-electron chi connectivity index (χ2n) is 5.80. The lowest BCUT2D eigenvalue weighted by atomic mass is 10.3. The Morgan fingerprint density at radius 1 is 1.46 bits per heavy atom. The van der Waals surface area contributed by atoms with Crippen LogP contribution in [0.3, 0.4) is 0 Å². The number of benzene rings is 1. The highest BCUT2D eigenvalue weighted by molar-refractivity contribution is 8.00. The lowest BCUT2D eigenvalue weighted by Crippen LogP contribution is -2.23. The van der Waals surface area contributed by atoms with Crippen molar-refractivity contribution in [2.45, 2.75) is 43.1 Å². The number of nitrogens with zero attached hydrogens (tertiary/aromatic N) is 5. The van der Waals surface area contributed by atoms with Crippen LogP contribution in [0.25, 0.3) is 11.1 Å². The van der Waals surface area contributed by atoms with Crippen LogP contribution in [0, 0.1) is 6.92 Å². The number of hydrogen-bond donors (Lipinski definition) is 1. The molecule has 2 heterocycles. The summed E-state index contributed by atoms with van der Waals surface area (Å²) in [6.07, 6.45) is 2.19. The van der Waals surface area contributed by atoms with Gasteiger partial charge in [-0.15, -0.1) is 5.10 Å². The first kappa shape index (κ1) is 15.1. The van der Waals surface area contributed by atoms with Crippen LogP contribution in [-0.2, 0) is 4.79 Å². The van der Waals surface area contributed by atoms with Crippen molar-refractivity contribution in [2.75, 3.05) is 5.32 Å². The number of rotatable bonds is 5. The van der Waals surface area contributed by atoms with Crippen LogP contribution < -0.4 is 5.32 Å². The number of hydrogen-bond acceptors (Lipinski definition) is 7. The topological polar surface area (TPSA) is 98.7 Å². The Balaban J connectivity index is 1.44. The average Bonchev–Trinajstić information content (AvgIpc) is 3.17. The van der Waals surface area contributed by atoms with Crippen LogP contribution in [-0.4, -0.2) is 36.3 Å². The summed E-state index contributed by atoms with van der Waals surface area (Å²) >= 11 is 1.36. The van der Waals surface area contributed by atoms with Gasteiger partial charge in [-0.2, -0.15) is 0 Å². The lowest BCUT2D eigenvalue weighted by molar-refractivity contribution is -0.115. The third-order valence-electron chi connectivity index (χ3n) is 3.77. The highest BCUT2D eigenvalue weighted by Crippen LogP contribution is 2.37. The first-order chi connectivity index (χ1) is 11.6. The molecular formula is C15H16N6O2S. The predicted octanol–water partition coefficient (Wildman–Crippen LogP) is 2.58. The van der Waals surface area contributed by atoms with Gasteiger partial charge in [0.1, 0.15) is 5.52 Å². The molecule has 0 saturated heterocycles. The molecular weight excluding hydrogens is 328 g/mol. The molecule has 0 radical (unpaired) electrons. The van der Waals surface area contributed by atoms with Gasteiger partial charge in [0.15, 0.2) is 11.5 Å². The Hall–Kier alpha value is -2.42. The number of amides is 1. The van der Waals surface area contributed by atoms with Crippen molar-refractivity contribution in [1.29, 1.82) is 0 Å². The van der Waals surface area contributed by atoms with E-state index in [1.807, 2.05) is 6.92 Å². The molecule has 0 aliphatic heterocycles. The zero-order valence-electron chi connectivity index (χ0n) is 13.3. The van der Waals surface area contributed by atoms with Crippen LogP contribution in [0.15, 0.2) is 27.8 Å². The molecule has 1 saturated carbocycles. The van der Waals surface area contributed by atoms with Crippen LogP contribution >= 0.6 is 11.8 Å². The van der Waals surface area contributed by atoms with Crippen molar-refractivity contribution in [2.24, 2.45) is 0 Å². The molecule has 2 aromatic heterocycles. The molecule has 4 rings (SSSR count). The molecule has 1 unspecified atom stereocenters. The van der Waals surface area contributed by atoms with Gasteiger partial charge in [-0.25, -0.2) is 9.67 Å². The van der Waals surface area contributed by atoms with Crippen LogP contribution in [0.2, 0.25) is 0 Å². The van der Waals surface area contributed by atoms with E-state index in [1.165, 1.54) is 11.8 Å². The van der Waals surface area contributed by atoms with Crippen molar-refractivity contribution in [3.63, 3.8) is 0 Å². The number of aryl methyl sites for hydroxylation is 1. The number of carbonyl (C=O) groups excluding carboxylic acids is 1. The van der Waals surface area contributed by atoms with Gasteiger partial charge in [0.05, 0.1) is 11.3 Å². The molecule has 9 heteroatoms. The van der Waals surface area contributed by atoms with Crippen molar-refractivity contribution in [1.82, 2.24) is 25.2 Å². The molecule has 1 N–H and O–H groups in total. The smallest absolute Gasteiger partial charge is 0.237 e. The largest absolute Gasteiger partial charge is 0.441 e. The minimum atomic E-state index is -0.316. The number of oxazole rings is 1. The third kappa shape index (κ3) is 2.99. The summed E-state index contributed by atoms with van der Waals surface area (Å²) in [5.41, 5.74) is 2.12. The number of aromatic nitrogens is 5. The maximum Gasteiger partial charge on any atom is 0.237 e. The number of carbonyl (C=O) groups is 1. The van der Waals surface area contributed by atoms with Crippen LogP contribution in [0.4, 0.5) is 5.69 Å². The maximum absolute atomic E-state index is 12.4. The van der Waals surface area contributed by atoms with Crippen LogP contribution in [0.5, 0.6) is 0 Å². The second kappa shape index (κ2) is 5.90. The van der Waals surface area contributed by atoms with Gasteiger partial charge in [0, 0.05) is 12.6 Å². The highest BCUT2D eigenvalue weighted by Gasteiger charge is 2.29. The summed E-state index contributed by atoms with van der Waals surface area (Å²) in [5.74, 6) is 0.495. The van der Waals surface area contributed by atoms with Gasteiger partial charge in [0.2, 0.25) is 11.1 Å². The number of anilines is 1. The molecule has 24 heavy (non-hydrogen) atoms. The SMILES string of the molecule is Cc1nc2cc(NC(=O)C(C)Sc3nnnn3C3CC3)ccc2o1. The summed E-state index contributed by atoms with van der Waals surface area (Å²) in [4.78, 5) is 16.7. The van der Waals surface area contributed by atoms with Gasteiger partial charge < -0.3 is 9.73 Å². The Morgan fingerprint density at radius 2 is 2.29 bits per heavy atom.